The predicted octanol–water partition coefficient (Wildman–Crippen LogP) is 4.76. The van der Waals surface area contributed by atoms with Gasteiger partial charge in [-0.2, -0.15) is 0 Å². The van der Waals surface area contributed by atoms with Crippen molar-refractivity contribution in [2.45, 2.75) is 19.9 Å². The third-order valence-electron chi connectivity index (χ3n) is 3.16. The summed E-state index contributed by atoms with van der Waals surface area (Å²) in [6.45, 7) is 4.20. The van der Waals surface area contributed by atoms with Crippen molar-refractivity contribution in [1.29, 1.82) is 0 Å². The van der Waals surface area contributed by atoms with Gasteiger partial charge in [0.1, 0.15) is 5.82 Å². The quantitative estimate of drug-likeness (QED) is 0.802. The molecular weight excluding hydrogens is 299 g/mol. The fourth-order valence-electron chi connectivity index (χ4n) is 2.30. The van der Waals surface area contributed by atoms with Crippen molar-refractivity contribution >= 4 is 11.6 Å². The summed E-state index contributed by atoms with van der Waals surface area (Å²) in [5, 5.41) is 3.22. The standard InChI is InChI=1S/C16H15ClF3N/c1-3-21-16(10-4-9(2)5-11(18)6-10)12-7-14(19)15(20)8-13(12)17/h4-8,16,21H,3H2,1-2H3. The Kier molecular flexibility index (Phi) is 4.91. The second-order valence-corrected chi connectivity index (χ2v) is 5.25. The highest BCUT2D eigenvalue weighted by atomic mass is 35.5. The van der Waals surface area contributed by atoms with Crippen LogP contribution in [0, 0.1) is 24.4 Å². The Morgan fingerprint density at radius 1 is 1.05 bits per heavy atom. The minimum Gasteiger partial charge on any atom is -0.306 e. The first kappa shape index (κ1) is 15.9. The molecule has 0 aromatic heterocycles. The van der Waals surface area contributed by atoms with Crippen LogP contribution in [0.4, 0.5) is 13.2 Å². The SMILES string of the molecule is CCNC(c1cc(C)cc(F)c1)c1cc(F)c(F)cc1Cl. The van der Waals surface area contributed by atoms with E-state index < -0.39 is 17.7 Å². The highest BCUT2D eigenvalue weighted by Gasteiger charge is 2.19. The maximum Gasteiger partial charge on any atom is 0.160 e. The van der Waals surface area contributed by atoms with Crippen molar-refractivity contribution in [3.05, 3.63) is 69.5 Å². The molecule has 0 aliphatic heterocycles. The third-order valence-corrected chi connectivity index (χ3v) is 3.48. The molecule has 0 aliphatic carbocycles. The number of aryl methyl sites for hydroxylation is 1. The molecule has 0 fully saturated rings. The van der Waals surface area contributed by atoms with Gasteiger partial charge in [-0.25, -0.2) is 13.2 Å². The molecule has 0 aliphatic rings. The molecule has 112 valence electrons. The molecule has 1 N–H and O–H groups in total. The largest absolute Gasteiger partial charge is 0.306 e. The van der Waals surface area contributed by atoms with Gasteiger partial charge in [0.2, 0.25) is 0 Å². The molecule has 0 bridgehead atoms. The van der Waals surface area contributed by atoms with Gasteiger partial charge in [-0.3, -0.25) is 0 Å². The van der Waals surface area contributed by atoms with E-state index in [4.69, 9.17) is 11.6 Å². The molecule has 2 rings (SSSR count). The molecule has 1 nitrogen and oxygen atoms in total. The van der Waals surface area contributed by atoms with Gasteiger partial charge in [-0.05, 0) is 54.4 Å². The Bertz CT molecular complexity index is 638. The van der Waals surface area contributed by atoms with Crippen molar-refractivity contribution in [1.82, 2.24) is 5.32 Å². The van der Waals surface area contributed by atoms with E-state index in [1.54, 1.807) is 13.0 Å². The van der Waals surface area contributed by atoms with Crippen LogP contribution >= 0.6 is 11.6 Å². The maximum atomic E-state index is 13.6. The van der Waals surface area contributed by atoms with E-state index in [0.29, 0.717) is 17.7 Å². The zero-order valence-corrected chi connectivity index (χ0v) is 12.4. The van der Waals surface area contributed by atoms with Crippen LogP contribution in [0.5, 0.6) is 0 Å². The Morgan fingerprint density at radius 2 is 1.71 bits per heavy atom. The second kappa shape index (κ2) is 6.50. The molecule has 0 heterocycles. The van der Waals surface area contributed by atoms with Crippen LogP contribution < -0.4 is 5.32 Å². The fraction of sp³-hybridized carbons (Fsp3) is 0.250. The Balaban J connectivity index is 2.55. The van der Waals surface area contributed by atoms with Gasteiger partial charge in [0.05, 0.1) is 6.04 Å². The summed E-state index contributed by atoms with van der Waals surface area (Å²) in [6, 6.07) is 6.02. The number of hydrogen-bond acceptors (Lipinski definition) is 1. The van der Waals surface area contributed by atoms with E-state index in [0.717, 1.165) is 17.7 Å². The number of hydrogen-bond donors (Lipinski definition) is 1. The molecular formula is C16H15ClF3N. The lowest BCUT2D eigenvalue weighted by Gasteiger charge is -2.21. The fourth-order valence-corrected chi connectivity index (χ4v) is 2.56. The topological polar surface area (TPSA) is 12.0 Å². The summed E-state index contributed by atoms with van der Waals surface area (Å²) in [4.78, 5) is 0. The van der Waals surface area contributed by atoms with Gasteiger partial charge in [0.15, 0.2) is 11.6 Å². The average molecular weight is 314 g/mol. The first-order valence-corrected chi connectivity index (χ1v) is 6.95. The lowest BCUT2D eigenvalue weighted by atomic mass is 9.96. The van der Waals surface area contributed by atoms with Crippen LogP contribution in [0.25, 0.3) is 0 Å². The van der Waals surface area contributed by atoms with Gasteiger partial charge >= 0.3 is 0 Å². The summed E-state index contributed by atoms with van der Waals surface area (Å²) >= 11 is 6.02. The van der Waals surface area contributed by atoms with Crippen molar-refractivity contribution in [3.8, 4) is 0 Å². The van der Waals surface area contributed by atoms with Crippen LogP contribution in [0.2, 0.25) is 5.02 Å². The monoisotopic (exact) mass is 313 g/mol. The van der Waals surface area contributed by atoms with Crippen molar-refractivity contribution in [2.24, 2.45) is 0 Å². The molecule has 0 saturated carbocycles. The average Bonchev–Trinajstić information content (AvgIpc) is 2.39. The van der Waals surface area contributed by atoms with Gasteiger partial charge in [0, 0.05) is 5.02 Å². The molecule has 0 saturated heterocycles. The van der Waals surface area contributed by atoms with Crippen molar-refractivity contribution < 1.29 is 13.2 Å². The molecule has 1 atom stereocenters. The Hall–Kier alpha value is -1.52. The first-order chi connectivity index (χ1) is 9.92. The molecule has 21 heavy (non-hydrogen) atoms. The van der Waals surface area contributed by atoms with E-state index in [-0.39, 0.29) is 10.8 Å². The summed E-state index contributed by atoms with van der Waals surface area (Å²) in [7, 11) is 0. The normalized spacial score (nSPS) is 12.5. The lowest BCUT2D eigenvalue weighted by molar-refractivity contribution is 0.503. The van der Waals surface area contributed by atoms with Crippen LogP contribution in [0.1, 0.15) is 29.7 Å². The van der Waals surface area contributed by atoms with Crippen LogP contribution in [-0.4, -0.2) is 6.54 Å². The molecule has 2 aromatic carbocycles. The smallest absolute Gasteiger partial charge is 0.160 e. The van der Waals surface area contributed by atoms with E-state index >= 15 is 0 Å². The lowest BCUT2D eigenvalue weighted by Crippen LogP contribution is -2.23. The molecule has 5 heteroatoms. The number of rotatable bonds is 4. The van der Waals surface area contributed by atoms with Gasteiger partial charge in [-0.1, -0.05) is 24.6 Å². The maximum absolute atomic E-state index is 13.6. The van der Waals surface area contributed by atoms with Crippen LogP contribution in [-0.2, 0) is 0 Å². The van der Waals surface area contributed by atoms with Crippen molar-refractivity contribution in [3.63, 3.8) is 0 Å². The van der Waals surface area contributed by atoms with E-state index in [1.165, 1.54) is 12.1 Å². The zero-order valence-electron chi connectivity index (χ0n) is 11.7. The Morgan fingerprint density at radius 3 is 2.33 bits per heavy atom. The second-order valence-electron chi connectivity index (χ2n) is 4.84. The van der Waals surface area contributed by atoms with Gasteiger partial charge in [-0.15, -0.1) is 0 Å². The number of benzene rings is 2. The third kappa shape index (κ3) is 3.57. The number of halogens is 4. The van der Waals surface area contributed by atoms with E-state index in [1.807, 2.05) is 6.92 Å². The molecule has 1 unspecified atom stereocenters. The highest BCUT2D eigenvalue weighted by molar-refractivity contribution is 6.31. The first-order valence-electron chi connectivity index (χ1n) is 6.57. The summed E-state index contributed by atoms with van der Waals surface area (Å²) in [5.74, 6) is -2.37. The van der Waals surface area contributed by atoms with Crippen LogP contribution in [0.15, 0.2) is 30.3 Å². The molecule has 0 radical (unpaired) electrons. The minimum absolute atomic E-state index is 0.0989. The summed E-state index contributed by atoms with van der Waals surface area (Å²) in [5.41, 5.74) is 1.73. The predicted molar refractivity (Wildman–Crippen MR) is 78.0 cm³/mol. The van der Waals surface area contributed by atoms with Gasteiger partial charge < -0.3 is 5.32 Å². The van der Waals surface area contributed by atoms with Gasteiger partial charge in [0.25, 0.3) is 0 Å². The molecule has 0 spiro atoms. The minimum atomic E-state index is -1.01. The number of nitrogens with one attached hydrogen (secondary N) is 1. The summed E-state index contributed by atoms with van der Waals surface area (Å²) < 4.78 is 40.3. The van der Waals surface area contributed by atoms with Crippen molar-refractivity contribution in [2.75, 3.05) is 6.54 Å². The highest BCUT2D eigenvalue weighted by Crippen LogP contribution is 2.31. The Labute approximate surface area is 126 Å². The summed E-state index contributed by atoms with van der Waals surface area (Å²) in [6.07, 6.45) is 0. The zero-order chi connectivity index (χ0) is 15.6. The molecule has 0 amide bonds. The molecule has 2 aromatic rings. The van der Waals surface area contributed by atoms with E-state index in [9.17, 15) is 13.2 Å². The van der Waals surface area contributed by atoms with E-state index in [2.05, 4.69) is 5.32 Å². The van der Waals surface area contributed by atoms with Crippen LogP contribution in [0.3, 0.4) is 0 Å².